The van der Waals surface area contributed by atoms with Crippen molar-refractivity contribution in [2.24, 2.45) is 0 Å². The molecule has 2 N–H and O–H groups in total. The highest BCUT2D eigenvalue weighted by Gasteiger charge is 2.09. The largest absolute Gasteiger partial charge is 0.497 e. The molecule has 0 atom stereocenters. The minimum Gasteiger partial charge on any atom is -0.497 e. The maximum atomic E-state index is 11.9. The van der Waals surface area contributed by atoms with Crippen LogP contribution in [0.1, 0.15) is 18.9 Å². The number of nitrogens with one attached hydrogen (secondary N) is 2. The second kappa shape index (κ2) is 9.96. The molecular formula is C20H22N2O5. The summed E-state index contributed by atoms with van der Waals surface area (Å²) >= 11 is 0. The first kappa shape index (κ1) is 20.0. The topological polar surface area (TPSA) is 93.7 Å². The number of amides is 2. The predicted octanol–water partition coefficient (Wildman–Crippen LogP) is 2.77. The van der Waals surface area contributed by atoms with Crippen molar-refractivity contribution in [1.29, 1.82) is 0 Å². The summed E-state index contributed by atoms with van der Waals surface area (Å²) in [6.07, 6.45) is 0.695. The van der Waals surface area contributed by atoms with E-state index in [0.29, 0.717) is 17.8 Å². The van der Waals surface area contributed by atoms with Crippen molar-refractivity contribution in [3.63, 3.8) is 0 Å². The van der Waals surface area contributed by atoms with Gasteiger partial charge in [-0.05, 0) is 42.3 Å². The molecule has 7 heteroatoms. The number of aryl methyl sites for hydroxylation is 1. The Morgan fingerprint density at radius 1 is 0.963 bits per heavy atom. The van der Waals surface area contributed by atoms with Crippen molar-refractivity contribution in [2.75, 3.05) is 24.4 Å². The van der Waals surface area contributed by atoms with Crippen LogP contribution >= 0.6 is 0 Å². The molecule has 0 bridgehead atoms. The summed E-state index contributed by atoms with van der Waals surface area (Å²) in [4.78, 5) is 34.8. The molecule has 0 aliphatic heterocycles. The average molecular weight is 370 g/mol. The van der Waals surface area contributed by atoms with Crippen LogP contribution in [0.3, 0.4) is 0 Å². The van der Waals surface area contributed by atoms with Crippen LogP contribution in [0.25, 0.3) is 0 Å². The first-order chi connectivity index (χ1) is 13.0. The molecule has 0 radical (unpaired) electrons. The van der Waals surface area contributed by atoms with Gasteiger partial charge in [0.1, 0.15) is 5.75 Å². The normalized spacial score (nSPS) is 10.0. The molecule has 0 aliphatic rings. The molecule has 0 saturated heterocycles. The minimum absolute atomic E-state index is 0.178. The molecule has 7 nitrogen and oxygen atoms in total. The highest BCUT2D eigenvalue weighted by atomic mass is 16.5. The zero-order valence-electron chi connectivity index (χ0n) is 15.3. The van der Waals surface area contributed by atoms with Crippen LogP contribution in [0.5, 0.6) is 5.75 Å². The van der Waals surface area contributed by atoms with E-state index in [-0.39, 0.29) is 18.9 Å². The zero-order chi connectivity index (χ0) is 19.6. The molecule has 0 fully saturated rings. The SMILES string of the molecule is COc1ccc(CCC(=O)OCC(=O)Nc2cccc(NC(C)=O)c2)cc1. The number of esters is 1. The van der Waals surface area contributed by atoms with E-state index in [2.05, 4.69) is 10.6 Å². The molecule has 0 aliphatic carbocycles. The second-order valence-electron chi connectivity index (χ2n) is 5.82. The highest BCUT2D eigenvalue weighted by Crippen LogP contribution is 2.15. The first-order valence-corrected chi connectivity index (χ1v) is 8.42. The van der Waals surface area contributed by atoms with Gasteiger partial charge >= 0.3 is 5.97 Å². The lowest BCUT2D eigenvalue weighted by atomic mass is 10.1. The highest BCUT2D eigenvalue weighted by molar-refractivity contribution is 5.94. The van der Waals surface area contributed by atoms with Crippen molar-refractivity contribution in [3.05, 3.63) is 54.1 Å². The van der Waals surface area contributed by atoms with E-state index in [4.69, 9.17) is 9.47 Å². The van der Waals surface area contributed by atoms with Gasteiger partial charge in [-0.2, -0.15) is 0 Å². The summed E-state index contributed by atoms with van der Waals surface area (Å²) in [7, 11) is 1.59. The zero-order valence-corrected chi connectivity index (χ0v) is 15.3. The fourth-order valence-corrected chi connectivity index (χ4v) is 2.33. The Balaban J connectivity index is 1.74. The Kier molecular flexibility index (Phi) is 7.37. The van der Waals surface area contributed by atoms with Crippen LogP contribution in [0, 0.1) is 0 Å². The fraction of sp³-hybridized carbons (Fsp3) is 0.250. The lowest BCUT2D eigenvalue weighted by molar-refractivity contribution is -0.147. The number of methoxy groups -OCH3 is 1. The van der Waals surface area contributed by atoms with E-state index in [1.165, 1.54) is 6.92 Å². The third-order valence-corrected chi connectivity index (χ3v) is 3.61. The molecule has 0 heterocycles. The van der Waals surface area contributed by atoms with Crippen LogP contribution in [0.15, 0.2) is 48.5 Å². The Bertz CT molecular complexity index is 802. The van der Waals surface area contributed by atoms with Crippen molar-refractivity contribution < 1.29 is 23.9 Å². The second-order valence-corrected chi connectivity index (χ2v) is 5.82. The summed E-state index contributed by atoms with van der Waals surface area (Å²) in [6, 6.07) is 14.1. The molecule has 0 aromatic heterocycles. The number of carbonyl (C=O) groups excluding carboxylic acids is 3. The molecule has 2 rings (SSSR count). The molecule has 0 unspecified atom stereocenters. The standard InChI is InChI=1S/C20H22N2O5/c1-14(23)21-16-4-3-5-17(12-16)22-19(24)13-27-20(25)11-8-15-6-9-18(26-2)10-7-15/h3-7,9-10,12H,8,11,13H2,1-2H3,(H,21,23)(H,22,24). The Morgan fingerprint density at radius 2 is 1.63 bits per heavy atom. The van der Waals surface area contributed by atoms with E-state index in [1.54, 1.807) is 31.4 Å². The fourth-order valence-electron chi connectivity index (χ4n) is 2.33. The molecular weight excluding hydrogens is 348 g/mol. The summed E-state index contributed by atoms with van der Waals surface area (Å²) in [6.45, 7) is 1.03. The van der Waals surface area contributed by atoms with Gasteiger partial charge in [-0.3, -0.25) is 14.4 Å². The van der Waals surface area contributed by atoms with Gasteiger partial charge in [0.15, 0.2) is 6.61 Å². The Labute approximate surface area is 157 Å². The van der Waals surface area contributed by atoms with Crippen molar-refractivity contribution >= 4 is 29.2 Å². The smallest absolute Gasteiger partial charge is 0.306 e. The maximum absolute atomic E-state index is 11.9. The van der Waals surface area contributed by atoms with Crippen LogP contribution < -0.4 is 15.4 Å². The molecule has 2 amide bonds. The van der Waals surface area contributed by atoms with Gasteiger partial charge < -0.3 is 20.1 Å². The van der Waals surface area contributed by atoms with Crippen LogP contribution in [-0.4, -0.2) is 31.5 Å². The van der Waals surface area contributed by atoms with E-state index in [9.17, 15) is 14.4 Å². The van der Waals surface area contributed by atoms with Crippen LogP contribution in [-0.2, 0) is 25.5 Å². The van der Waals surface area contributed by atoms with Gasteiger partial charge in [0, 0.05) is 24.7 Å². The molecule has 0 spiro atoms. The van der Waals surface area contributed by atoms with E-state index < -0.39 is 11.9 Å². The summed E-state index contributed by atoms with van der Waals surface area (Å²) < 4.78 is 10.1. The molecule has 27 heavy (non-hydrogen) atoms. The molecule has 142 valence electrons. The number of hydrogen-bond acceptors (Lipinski definition) is 5. The Morgan fingerprint density at radius 3 is 2.26 bits per heavy atom. The minimum atomic E-state index is -0.451. The number of benzene rings is 2. The molecule has 2 aromatic carbocycles. The Hall–Kier alpha value is -3.35. The summed E-state index contributed by atoms with van der Waals surface area (Å²) in [5, 5.41) is 5.24. The number of hydrogen-bond donors (Lipinski definition) is 2. The van der Waals surface area contributed by atoms with E-state index in [0.717, 1.165) is 11.3 Å². The van der Waals surface area contributed by atoms with Crippen molar-refractivity contribution in [2.45, 2.75) is 19.8 Å². The number of rotatable bonds is 8. The lowest BCUT2D eigenvalue weighted by Gasteiger charge is -2.09. The van der Waals surface area contributed by atoms with Gasteiger partial charge in [0.2, 0.25) is 5.91 Å². The van der Waals surface area contributed by atoms with E-state index in [1.807, 2.05) is 24.3 Å². The van der Waals surface area contributed by atoms with E-state index >= 15 is 0 Å². The lowest BCUT2D eigenvalue weighted by Crippen LogP contribution is -2.21. The quantitative estimate of drug-likeness (QED) is 0.697. The van der Waals surface area contributed by atoms with Gasteiger partial charge in [-0.15, -0.1) is 0 Å². The van der Waals surface area contributed by atoms with Gasteiger partial charge in [-0.1, -0.05) is 18.2 Å². The maximum Gasteiger partial charge on any atom is 0.306 e. The number of ether oxygens (including phenoxy) is 2. The molecule has 2 aromatic rings. The van der Waals surface area contributed by atoms with Crippen molar-refractivity contribution in [3.8, 4) is 5.75 Å². The third kappa shape index (κ3) is 7.19. The number of carbonyl (C=O) groups is 3. The first-order valence-electron chi connectivity index (χ1n) is 8.42. The van der Waals surface area contributed by atoms with Crippen molar-refractivity contribution in [1.82, 2.24) is 0 Å². The molecule has 0 saturated carbocycles. The van der Waals surface area contributed by atoms with Crippen LogP contribution in [0.4, 0.5) is 11.4 Å². The number of anilines is 2. The third-order valence-electron chi connectivity index (χ3n) is 3.61. The average Bonchev–Trinajstić information content (AvgIpc) is 2.65. The summed E-state index contributed by atoms with van der Waals surface area (Å²) in [5.74, 6) is -0.356. The monoisotopic (exact) mass is 370 g/mol. The predicted molar refractivity (Wildman–Crippen MR) is 102 cm³/mol. The van der Waals surface area contributed by atoms with Gasteiger partial charge in [0.05, 0.1) is 7.11 Å². The van der Waals surface area contributed by atoms with Gasteiger partial charge in [-0.25, -0.2) is 0 Å². The summed E-state index contributed by atoms with van der Waals surface area (Å²) in [5.41, 5.74) is 2.05. The van der Waals surface area contributed by atoms with Gasteiger partial charge in [0.25, 0.3) is 5.91 Å². The van der Waals surface area contributed by atoms with Crippen LogP contribution in [0.2, 0.25) is 0 Å².